The monoisotopic (exact) mass is 191 g/mol. The van der Waals surface area contributed by atoms with Crippen LogP contribution in [0.1, 0.15) is 40.5 Å². The van der Waals surface area contributed by atoms with E-state index < -0.39 is 12.3 Å². The van der Waals surface area contributed by atoms with E-state index in [9.17, 15) is 8.78 Å². The van der Waals surface area contributed by atoms with Gasteiger partial charge in [0.05, 0.1) is 6.07 Å². The second-order valence-corrected chi connectivity index (χ2v) is 3.04. The predicted molar refractivity (Wildman–Crippen MR) is 50.8 cm³/mol. The third-order valence-corrected chi connectivity index (χ3v) is 1.72. The molecule has 0 aromatic carbocycles. The van der Waals surface area contributed by atoms with Gasteiger partial charge < -0.3 is 0 Å². The summed E-state index contributed by atoms with van der Waals surface area (Å²) in [6, 6.07) is 2.11. The minimum Gasteiger partial charge on any atom is -0.245 e. The molecule has 3 unspecified atom stereocenters. The second kappa shape index (κ2) is 9.44. The quantitative estimate of drug-likeness (QED) is 0.668. The Kier molecular flexibility index (Phi) is 10.8. The summed E-state index contributed by atoms with van der Waals surface area (Å²) in [7, 11) is 0. The molecule has 0 N–H and O–H groups in total. The van der Waals surface area contributed by atoms with Gasteiger partial charge in [-0.05, 0) is 26.7 Å². The Morgan fingerprint density at radius 3 is 1.62 bits per heavy atom. The van der Waals surface area contributed by atoms with Crippen molar-refractivity contribution in [3.05, 3.63) is 0 Å². The largest absolute Gasteiger partial charge is 0.245 e. The maximum absolute atomic E-state index is 11.9. The van der Waals surface area contributed by atoms with E-state index in [1.807, 2.05) is 13.8 Å². The van der Waals surface area contributed by atoms with Crippen molar-refractivity contribution in [2.45, 2.75) is 52.9 Å². The Morgan fingerprint density at radius 1 is 1.15 bits per heavy atom. The van der Waals surface area contributed by atoms with Crippen molar-refractivity contribution in [2.24, 2.45) is 5.92 Å². The first-order valence-corrected chi connectivity index (χ1v) is 4.67. The third kappa shape index (κ3) is 11.3. The average molecular weight is 191 g/mol. The summed E-state index contributed by atoms with van der Waals surface area (Å²) in [5.74, 6) is 0.241. The van der Waals surface area contributed by atoms with Crippen LogP contribution in [0.2, 0.25) is 0 Å². The minimum absolute atomic E-state index is 0.241. The fourth-order valence-electron chi connectivity index (χ4n) is 0.416. The Balaban J connectivity index is 0. The molecule has 0 amide bonds. The van der Waals surface area contributed by atoms with Crippen LogP contribution in [0.15, 0.2) is 0 Å². The van der Waals surface area contributed by atoms with Gasteiger partial charge in [-0.25, -0.2) is 8.78 Å². The van der Waals surface area contributed by atoms with Crippen LogP contribution in [0, 0.1) is 17.2 Å². The molecule has 0 bridgehead atoms. The molecule has 0 aliphatic heterocycles. The molecule has 0 aromatic heterocycles. The molecule has 0 aliphatic carbocycles. The maximum atomic E-state index is 11.9. The Morgan fingerprint density at radius 2 is 1.62 bits per heavy atom. The van der Waals surface area contributed by atoms with Gasteiger partial charge in [0.25, 0.3) is 0 Å². The lowest BCUT2D eigenvalue weighted by molar-refractivity contribution is 0.178. The molecule has 1 nitrogen and oxygen atoms in total. The van der Waals surface area contributed by atoms with Crippen molar-refractivity contribution >= 4 is 0 Å². The van der Waals surface area contributed by atoms with Gasteiger partial charge in [-0.3, -0.25) is 0 Å². The summed E-state index contributed by atoms with van der Waals surface area (Å²) in [4.78, 5) is 0. The van der Waals surface area contributed by atoms with Crippen molar-refractivity contribution in [3.8, 4) is 6.07 Å². The fourth-order valence-corrected chi connectivity index (χ4v) is 0.416. The molecule has 3 heteroatoms. The smallest absolute Gasteiger partial charge is 0.131 e. The van der Waals surface area contributed by atoms with Crippen molar-refractivity contribution in [1.82, 2.24) is 0 Å². The highest BCUT2D eigenvalue weighted by atomic mass is 19.2. The molecule has 0 saturated heterocycles. The lowest BCUT2D eigenvalue weighted by Gasteiger charge is -2.02. The summed E-state index contributed by atoms with van der Waals surface area (Å²) in [6.07, 6.45) is -1.32. The highest BCUT2D eigenvalue weighted by Crippen LogP contribution is 2.05. The minimum atomic E-state index is -1.30. The van der Waals surface area contributed by atoms with Gasteiger partial charge in [-0.15, -0.1) is 0 Å². The summed E-state index contributed by atoms with van der Waals surface area (Å²) in [5, 5.41) is 8.08. The van der Waals surface area contributed by atoms with E-state index in [0.717, 1.165) is 6.42 Å². The van der Waals surface area contributed by atoms with Gasteiger partial charge in [-0.1, -0.05) is 13.8 Å². The molecule has 0 fully saturated rings. The van der Waals surface area contributed by atoms with Crippen LogP contribution in [-0.2, 0) is 0 Å². The molecular formula is C10H19F2N. The van der Waals surface area contributed by atoms with Crippen molar-refractivity contribution < 1.29 is 8.78 Å². The van der Waals surface area contributed by atoms with Crippen LogP contribution < -0.4 is 0 Å². The molecule has 0 heterocycles. The van der Waals surface area contributed by atoms with E-state index in [1.165, 1.54) is 6.92 Å². The predicted octanol–water partition coefficient (Wildman–Crippen LogP) is 3.65. The molecule has 13 heavy (non-hydrogen) atoms. The van der Waals surface area contributed by atoms with Crippen molar-refractivity contribution in [2.75, 3.05) is 0 Å². The van der Waals surface area contributed by atoms with Gasteiger partial charge in [0, 0.05) is 5.92 Å². The zero-order chi connectivity index (χ0) is 10.9. The number of nitrogens with zero attached hydrogens (tertiary/aromatic N) is 1. The van der Waals surface area contributed by atoms with Gasteiger partial charge >= 0.3 is 0 Å². The molecule has 0 radical (unpaired) electrons. The number of halogens is 2. The zero-order valence-electron chi connectivity index (χ0n) is 8.85. The fraction of sp³-hybridized carbons (Fsp3) is 0.900. The van der Waals surface area contributed by atoms with Gasteiger partial charge in [0.1, 0.15) is 12.3 Å². The standard InChI is InChI=1S/C5H10F2.C5H9N/c1-3-5(7)4(2)6;1-3-5(2)4-6/h4-5H,3H2,1-2H3;5H,3H2,1-2H3. The second-order valence-electron chi connectivity index (χ2n) is 3.04. The van der Waals surface area contributed by atoms with Crippen LogP contribution in [-0.4, -0.2) is 12.3 Å². The zero-order valence-corrected chi connectivity index (χ0v) is 8.85. The molecular weight excluding hydrogens is 172 g/mol. The summed E-state index contributed by atoms with van der Waals surface area (Å²) < 4.78 is 23.6. The number of hydrogen-bond donors (Lipinski definition) is 0. The highest BCUT2D eigenvalue weighted by Gasteiger charge is 2.10. The van der Waals surface area contributed by atoms with E-state index in [0.29, 0.717) is 0 Å². The number of alkyl halides is 2. The van der Waals surface area contributed by atoms with Crippen LogP contribution >= 0.6 is 0 Å². The topological polar surface area (TPSA) is 23.8 Å². The molecule has 3 atom stereocenters. The van der Waals surface area contributed by atoms with Crippen molar-refractivity contribution in [1.29, 1.82) is 5.26 Å². The summed E-state index contributed by atoms with van der Waals surface area (Å²) in [5.41, 5.74) is 0. The number of rotatable bonds is 3. The molecule has 0 spiro atoms. The van der Waals surface area contributed by atoms with Crippen LogP contribution in [0.3, 0.4) is 0 Å². The van der Waals surface area contributed by atoms with Crippen LogP contribution in [0.4, 0.5) is 8.78 Å². The Bertz CT molecular complexity index is 140. The van der Waals surface area contributed by atoms with E-state index >= 15 is 0 Å². The van der Waals surface area contributed by atoms with E-state index in [2.05, 4.69) is 6.07 Å². The molecule has 0 rings (SSSR count). The normalized spacial score (nSPS) is 16.1. The average Bonchev–Trinajstić information content (AvgIpc) is 2.16. The van der Waals surface area contributed by atoms with Crippen LogP contribution in [0.25, 0.3) is 0 Å². The maximum Gasteiger partial charge on any atom is 0.131 e. The first-order chi connectivity index (χ1) is 5.99. The first-order valence-electron chi connectivity index (χ1n) is 4.67. The summed E-state index contributed by atoms with van der Waals surface area (Å²) in [6.45, 7) is 6.78. The highest BCUT2D eigenvalue weighted by molar-refractivity contribution is 4.76. The van der Waals surface area contributed by atoms with Gasteiger partial charge in [-0.2, -0.15) is 5.26 Å². The Labute approximate surface area is 79.8 Å². The molecule has 0 saturated carbocycles. The third-order valence-electron chi connectivity index (χ3n) is 1.72. The molecule has 78 valence electrons. The number of hydrogen-bond acceptors (Lipinski definition) is 1. The SMILES string of the molecule is CCC(C)C#N.CCC(F)C(C)F. The van der Waals surface area contributed by atoms with E-state index in [-0.39, 0.29) is 12.3 Å². The lowest BCUT2D eigenvalue weighted by Crippen LogP contribution is -2.10. The Hall–Kier alpha value is -0.650. The molecule has 0 aromatic rings. The number of nitriles is 1. The first kappa shape index (κ1) is 14.9. The van der Waals surface area contributed by atoms with E-state index in [4.69, 9.17) is 5.26 Å². The van der Waals surface area contributed by atoms with Crippen LogP contribution in [0.5, 0.6) is 0 Å². The van der Waals surface area contributed by atoms with Gasteiger partial charge in [0.2, 0.25) is 0 Å². The van der Waals surface area contributed by atoms with Crippen molar-refractivity contribution in [3.63, 3.8) is 0 Å². The molecule has 0 aliphatic rings. The van der Waals surface area contributed by atoms with Gasteiger partial charge in [0.15, 0.2) is 0 Å². The lowest BCUT2D eigenvalue weighted by atomic mass is 10.2. The summed E-state index contributed by atoms with van der Waals surface area (Å²) >= 11 is 0. The van der Waals surface area contributed by atoms with E-state index in [1.54, 1.807) is 6.92 Å².